The van der Waals surface area contributed by atoms with Gasteiger partial charge in [-0.05, 0) is 31.5 Å². The monoisotopic (exact) mass is 331 g/mol. The zero-order valence-corrected chi connectivity index (χ0v) is 13.8. The fourth-order valence-corrected chi connectivity index (χ4v) is 3.22. The van der Waals surface area contributed by atoms with Crippen molar-refractivity contribution in [2.75, 3.05) is 24.5 Å². The van der Waals surface area contributed by atoms with Gasteiger partial charge in [-0.1, -0.05) is 11.6 Å². The van der Waals surface area contributed by atoms with E-state index >= 15 is 0 Å². The minimum atomic E-state index is 0.335. The van der Waals surface area contributed by atoms with Crippen LogP contribution in [0.3, 0.4) is 0 Å². The average molecular weight is 332 g/mol. The Morgan fingerprint density at radius 3 is 3.04 bits per heavy atom. The Labute approximate surface area is 139 Å². The molecule has 1 N–H and O–H groups in total. The van der Waals surface area contributed by atoms with Gasteiger partial charge in [0.1, 0.15) is 11.2 Å². The number of nitrogens with zero attached hydrogens (tertiary/aromatic N) is 4. The van der Waals surface area contributed by atoms with E-state index in [9.17, 15) is 0 Å². The summed E-state index contributed by atoms with van der Waals surface area (Å²) in [5, 5.41) is 8.36. The Bertz CT molecular complexity index is 842. The number of rotatable bonds is 2. The van der Waals surface area contributed by atoms with E-state index < -0.39 is 0 Å². The van der Waals surface area contributed by atoms with E-state index in [1.807, 2.05) is 25.3 Å². The predicted octanol–water partition coefficient (Wildman–Crippen LogP) is 2.77. The molecule has 1 atom stereocenters. The Morgan fingerprint density at radius 2 is 2.30 bits per heavy atom. The van der Waals surface area contributed by atoms with Crippen LogP contribution in [-0.2, 0) is 0 Å². The van der Waals surface area contributed by atoms with Crippen LogP contribution >= 0.6 is 11.6 Å². The number of anilines is 1. The number of hydrogen-bond donors (Lipinski definition) is 1. The van der Waals surface area contributed by atoms with E-state index in [1.165, 1.54) is 0 Å². The van der Waals surface area contributed by atoms with Crippen LogP contribution in [-0.4, -0.2) is 40.4 Å². The first-order valence-electron chi connectivity index (χ1n) is 7.72. The van der Waals surface area contributed by atoms with Gasteiger partial charge in [-0.2, -0.15) is 10.1 Å². The third kappa shape index (κ3) is 2.38. The van der Waals surface area contributed by atoms with Crippen molar-refractivity contribution >= 4 is 28.7 Å². The Hall–Kier alpha value is -2.05. The van der Waals surface area contributed by atoms with E-state index in [0.29, 0.717) is 17.1 Å². The van der Waals surface area contributed by atoms with Gasteiger partial charge in [0.15, 0.2) is 5.58 Å². The molecule has 2 aromatic heterocycles. The molecule has 0 radical (unpaired) electrons. The van der Waals surface area contributed by atoms with E-state index in [2.05, 4.69) is 27.2 Å². The van der Waals surface area contributed by atoms with Gasteiger partial charge in [-0.15, -0.1) is 0 Å². The lowest BCUT2D eigenvalue weighted by atomic mass is 10.2. The van der Waals surface area contributed by atoms with Crippen molar-refractivity contribution in [1.82, 2.24) is 20.1 Å². The van der Waals surface area contributed by atoms with Gasteiger partial charge >= 0.3 is 0 Å². The second-order valence-electron chi connectivity index (χ2n) is 5.87. The highest BCUT2D eigenvalue weighted by Gasteiger charge is 2.25. The molecule has 23 heavy (non-hydrogen) atoms. The summed E-state index contributed by atoms with van der Waals surface area (Å²) in [5.74, 6) is 0. The summed E-state index contributed by atoms with van der Waals surface area (Å²) < 4.78 is 7.91. The number of benzene rings is 1. The third-order valence-electron chi connectivity index (χ3n) is 4.31. The van der Waals surface area contributed by atoms with Crippen LogP contribution in [0.4, 0.5) is 6.01 Å². The van der Waals surface area contributed by atoms with Crippen molar-refractivity contribution < 1.29 is 4.42 Å². The largest absolute Gasteiger partial charge is 0.421 e. The first-order valence-corrected chi connectivity index (χ1v) is 8.10. The third-order valence-corrected chi connectivity index (χ3v) is 4.71. The molecule has 0 amide bonds. The summed E-state index contributed by atoms with van der Waals surface area (Å²) in [6.07, 6.45) is 3.62. The minimum absolute atomic E-state index is 0.335. The summed E-state index contributed by atoms with van der Waals surface area (Å²) in [7, 11) is 0. The molecule has 120 valence electrons. The molecule has 1 saturated heterocycles. The van der Waals surface area contributed by atoms with Crippen molar-refractivity contribution in [3.63, 3.8) is 0 Å². The SMILES string of the molecule is Cc1c(Cl)cc2nc(N3CCNCC3C)oc2c1-n1cccn1. The molecule has 1 fully saturated rings. The maximum atomic E-state index is 6.39. The van der Waals surface area contributed by atoms with Crippen molar-refractivity contribution in [3.05, 3.63) is 35.1 Å². The highest BCUT2D eigenvalue weighted by molar-refractivity contribution is 6.32. The van der Waals surface area contributed by atoms with Gasteiger partial charge in [0, 0.05) is 43.1 Å². The lowest BCUT2D eigenvalue weighted by Crippen LogP contribution is -2.50. The predicted molar refractivity (Wildman–Crippen MR) is 90.6 cm³/mol. The number of fused-ring (bicyclic) bond motifs is 1. The van der Waals surface area contributed by atoms with Crippen LogP contribution in [0.25, 0.3) is 16.8 Å². The maximum absolute atomic E-state index is 6.39. The number of aromatic nitrogens is 3. The first kappa shape index (κ1) is 14.5. The van der Waals surface area contributed by atoms with E-state index in [0.717, 1.165) is 42.0 Å². The molecule has 1 unspecified atom stereocenters. The average Bonchev–Trinajstić information content (AvgIpc) is 3.18. The molecule has 6 nitrogen and oxygen atoms in total. The molecule has 0 aliphatic carbocycles. The molecule has 0 bridgehead atoms. The number of piperazine rings is 1. The van der Waals surface area contributed by atoms with E-state index in [1.54, 1.807) is 10.9 Å². The highest BCUT2D eigenvalue weighted by atomic mass is 35.5. The summed E-state index contributed by atoms with van der Waals surface area (Å²) in [6.45, 7) is 6.85. The summed E-state index contributed by atoms with van der Waals surface area (Å²) in [4.78, 5) is 6.85. The fourth-order valence-electron chi connectivity index (χ4n) is 3.02. The van der Waals surface area contributed by atoms with Gasteiger partial charge in [-0.3, -0.25) is 0 Å². The van der Waals surface area contributed by atoms with Gasteiger partial charge in [0.2, 0.25) is 0 Å². The molecule has 3 heterocycles. The highest BCUT2D eigenvalue weighted by Crippen LogP contribution is 2.34. The Balaban J connectivity index is 1.90. The van der Waals surface area contributed by atoms with Crippen LogP contribution in [0.15, 0.2) is 28.9 Å². The molecule has 0 spiro atoms. The molecular formula is C16H18ClN5O. The van der Waals surface area contributed by atoms with Gasteiger partial charge in [0.05, 0.1) is 0 Å². The molecule has 7 heteroatoms. The standard InChI is InChI=1S/C16H18ClN5O/c1-10-9-18-5-7-21(10)16-20-13-8-12(17)11(2)14(15(13)23-16)22-6-3-4-19-22/h3-4,6,8,10,18H,5,7,9H2,1-2H3. The molecule has 4 rings (SSSR count). The second-order valence-corrected chi connectivity index (χ2v) is 6.28. The van der Waals surface area contributed by atoms with Gasteiger partial charge < -0.3 is 14.6 Å². The quantitative estimate of drug-likeness (QED) is 0.782. The lowest BCUT2D eigenvalue weighted by molar-refractivity contribution is 0.455. The summed E-state index contributed by atoms with van der Waals surface area (Å²) in [6, 6.07) is 4.71. The number of oxazole rings is 1. The Kier molecular flexibility index (Phi) is 3.50. The second kappa shape index (κ2) is 5.54. The van der Waals surface area contributed by atoms with Gasteiger partial charge in [-0.25, -0.2) is 4.68 Å². The van der Waals surface area contributed by atoms with Crippen molar-refractivity contribution in [1.29, 1.82) is 0 Å². The zero-order chi connectivity index (χ0) is 16.0. The van der Waals surface area contributed by atoms with Crippen LogP contribution < -0.4 is 10.2 Å². The van der Waals surface area contributed by atoms with Crippen LogP contribution in [0.1, 0.15) is 12.5 Å². The number of nitrogens with one attached hydrogen (secondary N) is 1. The molecule has 3 aromatic rings. The Morgan fingerprint density at radius 1 is 1.43 bits per heavy atom. The molecule has 1 aliphatic heterocycles. The van der Waals surface area contributed by atoms with Crippen molar-refractivity contribution in [2.45, 2.75) is 19.9 Å². The maximum Gasteiger partial charge on any atom is 0.298 e. The number of halogens is 1. The minimum Gasteiger partial charge on any atom is -0.421 e. The number of hydrogen-bond acceptors (Lipinski definition) is 5. The van der Waals surface area contributed by atoms with E-state index in [-0.39, 0.29) is 0 Å². The van der Waals surface area contributed by atoms with Crippen LogP contribution in [0.5, 0.6) is 0 Å². The first-order chi connectivity index (χ1) is 11.1. The summed E-state index contributed by atoms with van der Waals surface area (Å²) in [5.41, 5.74) is 3.25. The van der Waals surface area contributed by atoms with Crippen molar-refractivity contribution in [2.24, 2.45) is 0 Å². The normalized spacial score (nSPS) is 18.7. The van der Waals surface area contributed by atoms with E-state index in [4.69, 9.17) is 16.0 Å². The molecule has 0 saturated carbocycles. The summed E-state index contributed by atoms with van der Waals surface area (Å²) >= 11 is 6.39. The van der Waals surface area contributed by atoms with Crippen molar-refractivity contribution in [3.8, 4) is 5.69 Å². The van der Waals surface area contributed by atoms with Gasteiger partial charge in [0.25, 0.3) is 6.01 Å². The molecular weight excluding hydrogens is 314 g/mol. The fraction of sp³-hybridized carbons (Fsp3) is 0.375. The lowest BCUT2D eigenvalue weighted by Gasteiger charge is -2.32. The van der Waals surface area contributed by atoms with Crippen LogP contribution in [0.2, 0.25) is 5.02 Å². The zero-order valence-electron chi connectivity index (χ0n) is 13.1. The molecule has 1 aliphatic rings. The smallest absolute Gasteiger partial charge is 0.298 e. The van der Waals surface area contributed by atoms with Crippen LogP contribution in [0, 0.1) is 6.92 Å². The topological polar surface area (TPSA) is 59.1 Å². The molecule has 1 aromatic carbocycles.